The predicted octanol–water partition coefficient (Wildman–Crippen LogP) is 2.87. The number of benzene rings is 1. The highest BCUT2D eigenvalue weighted by atomic mass is 16.5. The molecule has 162 valence electrons. The average molecular weight is 402 g/mol. The van der Waals surface area contributed by atoms with Crippen LogP contribution in [0.4, 0.5) is 0 Å². The minimum absolute atomic E-state index is 0.258. The number of ether oxygens (including phenoxy) is 1. The molecule has 1 unspecified atom stereocenters. The Kier molecular flexibility index (Phi) is 9.09. The molecule has 2 aliphatic heterocycles. The second-order valence-electron chi connectivity index (χ2n) is 8.05. The van der Waals surface area contributed by atoms with Crippen LogP contribution in [-0.4, -0.2) is 75.2 Å². The van der Waals surface area contributed by atoms with Gasteiger partial charge in [0.2, 0.25) is 0 Å². The molecule has 0 radical (unpaired) electrons. The molecule has 6 nitrogen and oxygen atoms in total. The van der Waals surface area contributed by atoms with Gasteiger partial charge >= 0.3 is 0 Å². The molecule has 0 spiro atoms. The Balaban J connectivity index is 1.61. The highest BCUT2D eigenvalue weighted by molar-refractivity contribution is 5.79. The second kappa shape index (κ2) is 12.0. The van der Waals surface area contributed by atoms with Gasteiger partial charge in [-0.3, -0.25) is 9.89 Å². The van der Waals surface area contributed by atoms with Crippen molar-refractivity contribution < 1.29 is 4.74 Å². The Labute approximate surface area is 176 Å². The SMILES string of the molecule is CCNC(=NCC(c1ccccc1OC)N1CCCC1)NCCCN1CCCC1. The minimum atomic E-state index is 0.258. The summed E-state index contributed by atoms with van der Waals surface area (Å²) >= 11 is 0. The molecular weight excluding hydrogens is 362 g/mol. The second-order valence-corrected chi connectivity index (χ2v) is 8.05. The van der Waals surface area contributed by atoms with E-state index in [0.29, 0.717) is 0 Å². The third-order valence-corrected chi connectivity index (χ3v) is 5.99. The van der Waals surface area contributed by atoms with Crippen molar-refractivity contribution >= 4 is 5.96 Å². The molecule has 0 saturated carbocycles. The highest BCUT2D eigenvalue weighted by Crippen LogP contribution is 2.31. The van der Waals surface area contributed by atoms with E-state index >= 15 is 0 Å². The Morgan fingerprint density at radius 3 is 2.52 bits per heavy atom. The van der Waals surface area contributed by atoms with Crippen molar-refractivity contribution in [2.75, 3.05) is 59.5 Å². The number of methoxy groups -OCH3 is 1. The summed E-state index contributed by atoms with van der Waals surface area (Å²) in [4.78, 5) is 10.1. The third kappa shape index (κ3) is 6.61. The van der Waals surface area contributed by atoms with Crippen LogP contribution < -0.4 is 15.4 Å². The molecule has 29 heavy (non-hydrogen) atoms. The lowest BCUT2D eigenvalue weighted by molar-refractivity contribution is 0.245. The van der Waals surface area contributed by atoms with Crippen LogP contribution in [0.15, 0.2) is 29.3 Å². The maximum atomic E-state index is 5.66. The lowest BCUT2D eigenvalue weighted by Gasteiger charge is -2.28. The number of nitrogens with one attached hydrogen (secondary N) is 2. The van der Waals surface area contributed by atoms with Gasteiger partial charge in [0.05, 0.1) is 19.7 Å². The molecule has 2 N–H and O–H groups in total. The van der Waals surface area contributed by atoms with Crippen LogP contribution in [0.25, 0.3) is 0 Å². The largest absolute Gasteiger partial charge is 0.496 e. The number of likely N-dealkylation sites (tertiary alicyclic amines) is 2. The van der Waals surface area contributed by atoms with E-state index in [1.165, 1.54) is 50.9 Å². The number of aliphatic imine (C=N–C) groups is 1. The molecule has 2 aliphatic rings. The molecule has 1 aromatic rings. The van der Waals surface area contributed by atoms with Gasteiger partial charge in [0, 0.05) is 18.7 Å². The molecule has 6 heteroatoms. The van der Waals surface area contributed by atoms with Crippen LogP contribution >= 0.6 is 0 Å². The van der Waals surface area contributed by atoms with Crippen LogP contribution in [0.2, 0.25) is 0 Å². The fourth-order valence-electron chi connectivity index (χ4n) is 4.44. The van der Waals surface area contributed by atoms with Gasteiger partial charge in [0.15, 0.2) is 5.96 Å². The molecule has 1 aromatic carbocycles. The number of guanidine groups is 1. The Hall–Kier alpha value is -1.79. The van der Waals surface area contributed by atoms with Crippen molar-refractivity contribution in [3.8, 4) is 5.75 Å². The first kappa shape index (κ1) is 21.9. The van der Waals surface area contributed by atoms with Crippen LogP contribution in [0.3, 0.4) is 0 Å². The summed E-state index contributed by atoms with van der Waals surface area (Å²) in [7, 11) is 1.76. The molecule has 0 bridgehead atoms. The lowest BCUT2D eigenvalue weighted by Crippen LogP contribution is -2.39. The molecule has 2 saturated heterocycles. The van der Waals surface area contributed by atoms with Crippen molar-refractivity contribution in [1.29, 1.82) is 0 Å². The van der Waals surface area contributed by atoms with Gasteiger partial charge in [-0.2, -0.15) is 0 Å². The summed E-state index contributed by atoms with van der Waals surface area (Å²) < 4.78 is 5.66. The van der Waals surface area contributed by atoms with Gasteiger partial charge in [0.25, 0.3) is 0 Å². The zero-order valence-corrected chi connectivity index (χ0v) is 18.3. The Morgan fingerprint density at radius 2 is 1.79 bits per heavy atom. The van der Waals surface area contributed by atoms with Crippen LogP contribution in [0.5, 0.6) is 5.75 Å². The standard InChI is InChI=1S/C23H39N5O/c1-3-24-23(25-13-10-16-27-14-6-7-15-27)26-19-21(28-17-8-9-18-28)20-11-4-5-12-22(20)29-2/h4-5,11-12,21H,3,6-10,13-19H2,1-2H3,(H2,24,25,26). The summed E-state index contributed by atoms with van der Waals surface area (Å²) in [5.74, 6) is 1.89. The van der Waals surface area contributed by atoms with E-state index < -0.39 is 0 Å². The fraction of sp³-hybridized carbons (Fsp3) is 0.696. The van der Waals surface area contributed by atoms with Gasteiger partial charge in [0.1, 0.15) is 5.75 Å². The highest BCUT2D eigenvalue weighted by Gasteiger charge is 2.25. The van der Waals surface area contributed by atoms with Gasteiger partial charge in [-0.05, 0) is 77.8 Å². The molecule has 0 aromatic heterocycles. The molecule has 1 atom stereocenters. The number of hydrogen-bond donors (Lipinski definition) is 2. The zero-order chi connectivity index (χ0) is 20.3. The van der Waals surface area contributed by atoms with Gasteiger partial charge in [-0.15, -0.1) is 0 Å². The van der Waals surface area contributed by atoms with E-state index in [9.17, 15) is 0 Å². The molecule has 2 fully saturated rings. The van der Waals surface area contributed by atoms with Gasteiger partial charge in [-0.1, -0.05) is 18.2 Å². The van der Waals surface area contributed by atoms with Crippen molar-refractivity contribution in [2.24, 2.45) is 4.99 Å². The van der Waals surface area contributed by atoms with Crippen molar-refractivity contribution in [3.63, 3.8) is 0 Å². The minimum Gasteiger partial charge on any atom is -0.496 e. The summed E-state index contributed by atoms with van der Waals surface area (Å²) in [6, 6.07) is 8.65. The van der Waals surface area contributed by atoms with Crippen LogP contribution in [0, 0.1) is 0 Å². The maximum absolute atomic E-state index is 5.66. The average Bonchev–Trinajstić information content (AvgIpc) is 3.46. The first-order valence-corrected chi connectivity index (χ1v) is 11.4. The topological polar surface area (TPSA) is 52.1 Å². The fourth-order valence-corrected chi connectivity index (χ4v) is 4.44. The van der Waals surface area contributed by atoms with Crippen molar-refractivity contribution in [1.82, 2.24) is 20.4 Å². The lowest BCUT2D eigenvalue weighted by atomic mass is 10.0. The monoisotopic (exact) mass is 401 g/mol. The Morgan fingerprint density at radius 1 is 1.07 bits per heavy atom. The van der Waals surface area contributed by atoms with E-state index in [2.05, 4.69) is 45.6 Å². The van der Waals surface area contributed by atoms with E-state index in [-0.39, 0.29) is 6.04 Å². The molecule has 0 aliphatic carbocycles. The summed E-state index contributed by atoms with van der Waals surface area (Å²) in [6.45, 7) is 10.7. The number of hydrogen-bond acceptors (Lipinski definition) is 4. The van der Waals surface area contributed by atoms with Crippen LogP contribution in [-0.2, 0) is 0 Å². The molecule has 3 rings (SSSR count). The first-order chi connectivity index (χ1) is 14.3. The molecular formula is C23H39N5O. The number of nitrogens with zero attached hydrogens (tertiary/aromatic N) is 3. The number of para-hydroxylation sites is 1. The zero-order valence-electron chi connectivity index (χ0n) is 18.3. The number of rotatable bonds is 10. The van der Waals surface area contributed by atoms with E-state index in [0.717, 1.165) is 50.9 Å². The third-order valence-electron chi connectivity index (χ3n) is 5.99. The van der Waals surface area contributed by atoms with E-state index in [4.69, 9.17) is 9.73 Å². The predicted molar refractivity (Wildman–Crippen MR) is 121 cm³/mol. The smallest absolute Gasteiger partial charge is 0.191 e. The first-order valence-electron chi connectivity index (χ1n) is 11.4. The summed E-state index contributed by atoms with van der Waals surface area (Å²) in [5.41, 5.74) is 1.24. The summed E-state index contributed by atoms with van der Waals surface area (Å²) in [6.07, 6.45) is 6.41. The van der Waals surface area contributed by atoms with Crippen LogP contribution in [0.1, 0.15) is 50.6 Å². The quantitative estimate of drug-likeness (QED) is 0.359. The van der Waals surface area contributed by atoms with E-state index in [1.807, 2.05) is 6.07 Å². The molecule has 2 heterocycles. The van der Waals surface area contributed by atoms with Crippen molar-refractivity contribution in [3.05, 3.63) is 29.8 Å². The van der Waals surface area contributed by atoms with Gasteiger partial charge in [-0.25, -0.2) is 0 Å². The normalized spacial score (nSPS) is 19.4. The maximum Gasteiger partial charge on any atom is 0.191 e. The summed E-state index contributed by atoms with van der Waals surface area (Å²) in [5, 5.41) is 6.95. The van der Waals surface area contributed by atoms with Crippen molar-refractivity contribution in [2.45, 2.75) is 45.1 Å². The molecule has 0 amide bonds. The Bertz CT molecular complexity index is 623. The van der Waals surface area contributed by atoms with Gasteiger partial charge < -0.3 is 20.3 Å². The van der Waals surface area contributed by atoms with E-state index in [1.54, 1.807) is 7.11 Å².